The molecule has 2 aromatic rings. The van der Waals surface area contributed by atoms with Crippen molar-refractivity contribution in [2.24, 2.45) is 5.41 Å². The zero-order chi connectivity index (χ0) is 15.5. The van der Waals surface area contributed by atoms with Crippen LogP contribution in [0.3, 0.4) is 0 Å². The average molecular weight is 283 g/mol. The van der Waals surface area contributed by atoms with E-state index in [0.717, 1.165) is 11.5 Å². The lowest BCUT2D eigenvalue weighted by atomic mass is 9.82. The average Bonchev–Trinajstić information content (AvgIpc) is 2.42. The van der Waals surface area contributed by atoms with E-state index in [2.05, 4.69) is 57.3 Å². The van der Waals surface area contributed by atoms with E-state index >= 15 is 0 Å². The van der Waals surface area contributed by atoms with Crippen molar-refractivity contribution in [2.45, 2.75) is 33.7 Å². The van der Waals surface area contributed by atoms with E-state index in [1.54, 1.807) is 0 Å². The van der Waals surface area contributed by atoms with Crippen LogP contribution >= 0.6 is 0 Å². The van der Waals surface area contributed by atoms with E-state index in [9.17, 15) is 0 Å². The molecule has 1 atom stereocenters. The highest BCUT2D eigenvalue weighted by molar-refractivity contribution is 5.35. The topological polar surface area (TPSA) is 21.3 Å². The molecule has 0 aliphatic rings. The number of ether oxygens (including phenoxy) is 1. The van der Waals surface area contributed by atoms with Crippen LogP contribution in [-0.4, -0.2) is 7.05 Å². The molecule has 1 unspecified atom stereocenters. The fourth-order valence-corrected chi connectivity index (χ4v) is 2.57. The number of benzene rings is 2. The van der Waals surface area contributed by atoms with Gasteiger partial charge < -0.3 is 10.1 Å². The minimum atomic E-state index is 0.175. The van der Waals surface area contributed by atoms with Gasteiger partial charge in [0.15, 0.2) is 0 Å². The van der Waals surface area contributed by atoms with Crippen LogP contribution < -0.4 is 10.1 Å². The van der Waals surface area contributed by atoms with Crippen molar-refractivity contribution in [3.8, 4) is 11.5 Å². The highest BCUT2D eigenvalue weighted by atomic mass is 16.5. The van der Waals surface area contributed by atoms with E-state index in [0.29, 0.717) is 6.04 Å². The Morgan fingerprint density at radius 1 is 0.857 bits per heavy atom. The minimum absolute atomic E-state index is 0.175. The summed E-state index contributed by atoms with van der Waals surface area (Å²) in [7, 11) is 2.01. The van der Waals surface area contributed by atoms with Crippen LogP contribution in [0.5, 0.6) is 11.5 Å². The third-order valence-corrected chi connectivity index (χ3v) is 3.62. The first-order valence-electron chi connectivity index (χ1n) is 7.42. The first-order valence-corrected chi connectivity index (χ1v) is 7.42. The Morgan fingerprint density at radius 2 is 1.33 bits per heavy atom. The molecule has 0 fully saturated rings. The van der Waals surface area contributed by atoms with Gasteiger partial charge in [0.2, 0.25) is 0 Å². The molecular formula is C19H25NO. The molecule has 2 rings (SSSR count). The third kappa shape index (κ3) is 4.08. The van der Waals surface area contributed by atoms with E-state index in [1.165, 1.54) is 11.1 Å². The summed E-state index contributed by atoms with van der Waals surface area (Å²) in [6.45, 7) is 8.80. The van der Waals surface area contributed by atoms with Crippen LogP contribution in [0.1, 0.15) is 37.9 Å². The van der Waals surface area contributed by atoms with Crippen LogP contribution in [0.4, 0.5) is 0 Å². The fraction of sp³-hybridized carbons (Fsp3) is 0.368. The Morgan fingerprint density at radius 3 is 1.76 bits per heavy atom. The van der Waals surface area contributed by atoms with Gasteiger partial charge in [-0.15, -0.1) is 0 Å². The summed E-state index contributed by atoms with van der Waals surface area (Å²) in [5, 5.41) is 3.39. The van der Waals surface area contributed by atoms with Crippen LogP contribution in [-0.2, 0) is 0 Å². The fourth-order valence-electron chi connectivity index (χ4n) is 2.57. The van der Waals surface area contributed by atoms with Crippen LogP contribution in [0.2, 0.25) is 0 Å². The molecular weight excluding hydrogens is 258 g/mol. The molecule has 2 nitrogen and oxygen atoms in total. The molecule has 0 heterocycles. The lowest BCUT2D eigenvalue weighted by molar-refractivity contribution is 0.287. The van der Waals surface area contributed by atoms with Crippen molar-refractivity contribution < 1.29 is 4.74 Å². The maximum atomic E-state index is 5.87. The lowest BCUT2D eigenvalue weighted by Crippen LogP contribution is -2.29. The third-order valence-electron chi connectivity index (χ3n) is 3.62. The smallest absolute Gasteiger partial charge is 0.127 e. The summed E-state index contributed by atoms with van der Waals surface area (Å²) in [5.41, 5.74) is 2.69. The van der Waals surface area contributed by atoms with Gasteiger partial charge in [-0.1, -0.05) is 50.6 Å². The molecule has 0 aromatic heterocycles. The Balaban J connectivity index is 2.13. The first-order chi connectivity index (χ1) is 9.90. The number of rotatable bonds is 4. The van der Waals surface area contributed by atoms with Crippen molar-refractivity contribution in [1.82, 2.24) is 5.32 Å². The number of hydrogen-bond acceptors (Lipinski definition) is 2. The van der Waals surface area contributed by atoms with Gasteiger partial charge in [-0.3, -0.25) is 0 Å². The van der Waals surface area contributed by atoms with Crippen molar-refractivity contribution in [1.29, 1.82) is 0 Å². The summed E-state index contributed by atoms with van der Waals surface area (Å²) in [4.78, 5) is 0. The lowest BCUT2D eigenvalue weighted by Gasteiger charge is -2.30. The Bertz CT molecular complexity index is 564. The maximum absolute atomic E-state index is 5.87. The van der Waals surface area contributed by atoms with Crippen molar-refractivity contribution in [3.05, 3.63) is 59.7 Å². The standard InChI is InChI=1S/C19H25NO/c1-14-6-10-16(11-7-14)21-17-12-8-15(9-13-17)18(20-5)19(2,3)4/h6-13,18,20H,1-5H3. The van der Waals surface area contributed by atoms with Gasteiger partial charge in [-0.25, -0.2) is 0 Å². The van der Waals surface area contributed by atoms with Crippen molar-refractivity contribution in [2.75, 3.05) is 7.05 Å². The molecule has 0 amide bonds. The van der Waals surface area contributed by atoms with Gasteiger partial charge in [0, 0.05) is 6.04 Å². The molecule has 2 aromatic carbocycles. The summed E-state index contributed by atoms with van der Waals surface area (Å²) in [5.74, 6) is 1.74. The second-order valence-corrected chi connectivity index (χ2v) is 6.57. The minimum Gasteiger partial charge on any atom is -0.457 e. The second-order valence-electron chi connectivity index (χ2n) is 6.57. The molecule has 0 saturated heterocycles. The number of aryl methyl sites for hydroxylation is 1. The molecule has 0 aliphatic heterocycles. The highest BCUT2D eigenvalue weighted by Gasteiger charge is 2.24. The van der Waals surface area contributed by atoms with Crippen LogP contribution in [0.25, 0.3) is 0 Å². The Labute approximate surface area is 128 Å². The first kappa shape index (κ1) is 15.6. The van der Waals surface area contributed by atoms with Gasteiger partial charge >= 0.3 is 0 Å². The van der Waals surface area contributed by atoms with E-state index in [4.69, 9.17) is 4.74 Å². The van der Waals surface area contributed by atoms with Crippen molar-refractivity contribution in [3.63, 3.8) is 0 Å². The second kappa shape index (κ2) is 6.31. The molecule has 1 N–H and O–H groups in total. The Hall–Kier alpha value is -1.80. The van der Waals surface area contributed by atoms with Gasteiger partial charge in [-0.2, -0.15) is 0 Å². The van der Waals surface area contributed by atoms with Gasteiger partial charge in [0.25, 0.3) is 0 Å². The van der Waals surface area contributed by atoms with Gasteiger partial charge in [0.1, 0.15) is 11.5 Å². The molecule has 2 heteroatoms. The predicted molar refractivity (Wildman–Crippen MR) is 89.0 cm³/mol. The van der Waals surface area contributed by atoms with Gasteiger partial charge in [0.05, 0.1) is 0 Å². The maximum Gasteiger partial charge on any atom is 0.127 e. The normalized spacial score (nSPS) is 13.0. The molecule has 0 bridgehead atoms. The molecule has 0 saturated carbocycles. The monoisotopic (exact) mass is 283 g/mol. The highest BCUT2D eigenvalue weighted by Crippen LogP contribution is 2.33. The molecule has 0 radical (unpaired) electrons. The summed E-state index contributed by atoms with van der Waals surface area (Å²) < 4.78 is 5.87. The SMILES string of the molecule is CNC(c1ccc(Oc2ccc(C)cc2)cc1)C(C)(C)C. The summed E-state index contributed by atoms with van der Waals surface area (Å²) in [6.07, 6.45) is 0. The summed E-state index contributed by atoms with van der Waals surface area (Å²) >= 11 is 0. The van der Waals surface area contributed by atoms with E-state index < -0.39 is 0 Å². The van der Waals surface area contributed by atoms with Crippen molar-refractivity contribution >= 4 is 0 Å². The van der Waals surface area contributed by atoms with Gasteiger partial charge in [-0.05, 0) is 49.2 Å². The summed E-state index contributed by atoms with van der Waals surface area (Å²) in [6, 6.07) is 16.8. The molecule has 21 heavy (non-hydrogen) atoms. The van der Waals surface area contributed by atoms with Crippen LogP contribution in [0, 0.1) is 12.3 Å². The largest absolute Gasteiger partial charge is 0.457 e. The Kier molecular flexibility index (Phi) is 4.69. The number of nitrogens with one attached hydrogen (secondary N) is 1. The quantitative estimate of drug-likeness (QED) is 0.843. The molecule has 112 valence electrons. The predicted octanol–water partition coefficient (Wildman–Crippen LogP) is 5.09. The van der Waals surface area contributed by atoms with Crippen LogP contribution in [0.15, 0.2) is 48.5 Å². The molecule has 0 spiro atoms. The number of hydrogen-bond donors (Lipinski definition) is 1. The zero-order valence-electron chi connectivity index (χ0n) is 13.6. The zero-order valence-corrected chi connectivity index (χ0v) is 13.6. The van der Waals surface area contributed by atoms with E-state index in [-0.39, 0.29) is 5.41 Å². The van der Waals surface area contributed by atoms with E-state index in [1.807, 2.05) is 31.3 Å². The molecule has 0 aliphatic carbocycles.